The van der Waals surface area contributed by atoms with Gasteiger partial charge in [0.05, 0.1) is 0 Å². The number of nitrogens with zero attached hydrogens (tertiary/aromatic N) is 2. The highest BCUT2D eigenvalue weighted by Crippen LogP contribution is 2.21. The Bertz CT molecular complexity index is 671. The predicted octanol–water partition coefficient (Wildman–Crippen LogP) is 2.95. The van der Waals surface area contributed by atoms with Crippen LogP contribution in [-0.4, -0.2) is 27.0 Å². The second-order valence-corrected chi connectivity index (χ2v) is 5.50. The lowest BCUT2D eigenvalue weighted by Crippen LogP contribution is -2.17. The van der Waals surface area contributed by atoms with Crippen LogP contribution in [0.4, 0.5) is 5.82 Å². The molecule has 8 heteroatoms. The van der Waals surface area contributed by atoms with Crippen LogP contribution in [0.5, 0.6) is 0 Å². The number of amides is 1. The number of carboxylic acids is 1. The molecule has 2 N–H and O–H groups in total. The minimum atomic E-state index is -1.26. The zero-order valence-corrected chi connectivity index (χ0v) is 13.0. The van der Waals surface area contributed by atoms with E-state index in [2.05, 4.69) is 47.1 Å². The summed E-state index contributed by atoms with van der Waals surface area (Å²) in [6.45, 7) is 0. The quantitative estimate of drug-likeness (QED) is 0.826. The molecule has 0 fully saturated rings. The second kappa shape index (κ2) is 6.10. The fraction of sp³-hybridized carbons (Fsp3) is 0. The first kappa shape index (κ1) is 14.6. The van der Waals surface area contributed by atoms with Crippen LogP contribution in [0.2, 0.25) is 0 Å². The molecule has 1 aromatic carbocycles. The van der Waals surface area contributed by atoms with E-state index in [-0.39, 0.29) is 11.5 Å². The van der Waals surface area contributed by atoms with Gasteiger partial charge in [0.15, 0.2) is 11.5 Å². The van der Waals surface area contributed by atoms with Crippen LogP contribution in [0.3, 0.4) is 0 Å². The maximum atomic E-state index is 12.1. The summed E-state index contributed by atoms with van der Waals surface area (Å²) in [6.07, 6.45) is 2.55. The van der Waals surface area contributed by atoms with Crippen molar-refractivity contribution < 1.29 is 14.7 Å². The number of hydrogen-bond donors (Lipinski definition) is 2. The molecule has 6 nitrogen and oxygen atoms in total. The van der Waals surface area contributed by atoms with Gasteiger partial charge in [-0.2, -0.15) is 0 Å². The molecule has 1 amide bonds. The summed E-state index contributed by atoms with van der Waals surface area (Å²) in [5.74, 6) is -1.83. The number of carboxylic acid groups (broad SMARTS) is 1. The van der Waals surface area contributed by atoms with Crippen molar-refractivity contribution in [1.82, 2.24) is 9.97 Å². The van der Waals surface area contributed by atoms with E-state index in [9.17, 15) is 9.59 Å². The Morgan fingerprint density at radius 1 is 1.05 bits per heavy atom. The maximum Gasteiger partial charge on any atom is 0.358 e. The van der Waals surface area contributed by atoms with Crippen molar-refractivity contribution in [2.75, 3.05) is 5.32 Å². The van der Waals surface area contributed by atoms with E-state index in [1.54, 1.807) is 18.2 Å². The third-order valence-electron chi connectivity index (χ3n) is 2.26. The first-order valence-corrected chi connectivity index (χ1v) is 6.87. The third kappa shape index (κ3) is 3.40. The molecule has 0 unspecified atom stereocenters. The van der Waals surface area contributed by atoms with Crippen LogP contribution in [0.15, 0.2) is 39.5 Å². The Labute approximate surface area is 130 Å². The molecule has 0 saturated heterocycles. The van der Waals surface area contributed by atoms with Crippen LogP contribution >= 0.6 is 31.9 Å². The Hall–Kier alpha value is -1.80. The number of aromatic nitrogens is 2. The SMILES string of the molecule is O=C(Nc1nccnc1C(=O)O)c1cc(Br)cc(Br)c1. The van der Waals surface area contributed by atoms with Crippen LogP contribution in [0.1, 0.15) is 20.8 Å². The number of nitrogens with one attached hydrogen (secondary N) is 1. The fourth-order valence-electron chi connectivity index (χ4n) is 1.45. The van der Waals surface area contributed by atoms with Crippen molar-refractivity contribution in [3.05, 3.63) is 50.8 Å². The van der Waals surface area contributed by atoms with E-state index in [1.165, 1.54) is 12.4 Å². The van der Waals surface area contributed by atoms with E-state index in [4.69, 9.17) is 5.11 Å². The highest BCUT2D eigenvalue weighted by atomic mass is 79.9. The smallest absolute Gasteiger partial charge is 0.358 e. The van der Waals surface area contributed by atoms with Gasteiger partial charge in [0.25, 0.3) is 5.91 Å². The van der Waals surface area contributed by atoms with Crippen LogP contribution < -0.4 is 5.32 Å². The number of hydrogen-bond acceptors (Lipinski definition) is 4. The number of rotatable bonds is 3. The van der Waals surface area contributed by atoms with Gasteiger partial charge in [-0.1, -0.05) is 31.9 Å². The van der Waals surface area contributed by atoms with Gasteiger partial charge in [-0.05, 0) is 18.2 Å². The number of aromatic carboxylic acids is 1. The number of carbonyl (C=O) groups is 2. The first-order chi connectivity index (χ1) is 9.47. The molecule has 0 bridgehead atoms. The largest absolute Gasteiger partial charge is 0.476 e. The van der Waals surface area contributed by atoms with Gasteiger partial charge in [-0.25, -0.2) is 14.8 Å². The molecule has 102 valence electrons. The predicted molar refractivity (Wildman–Crippen MR) is 78.8 cm³/mol. The summed E-state index contributed by atoms with van der Waals surface area (Å²) in [6, 6.07) is 5.00. The van der Waals surface area contributed by atoms with Crippen molar-refractivity contribution in [3.63, 3.8) is 0 Å². The average Bonchev–Trinajstić information content (AvgIpc) is 2.37. The van der Waals surface area contributed by atoms with Gasteiger partial charge in [0, 0.05) is 26.9 Å². The average molecular weight is 401 g/mol. The van der Waals surface area contributed by atoms with E-state index in [1.807, 2.05) is 0 Å². The highest BCUT2D eigenvalue weighted by Gasteiger charge is 2.16. The standard InChI is InChI=1S/C12H7Br2N3O3/c13-7-3-6(4-8(14)5-7)11(18)17-10-9(12(19)20)15-1-2-16-10/h1-5H,(H,19,20)(H,16,17,18). The fourth-order valence-corrected chi connectivity index (χ4v) is 2.74. The van der Waals surface area contributed by atoms with Gasteiger partial charge < -0.3 is 10.4 Å². The summed E-state index contributed by atoms with van der Waals surface area (Å²) < 4.78 is 1.43. The monoisotopic (exact) mass is 399 g/mol. The van der Waals surface area contributed by atoms with Gasteiger partial charge >= 0.3 is 5.97 Å². The summed E-state index contributed by atoms with van der Waals surface area (Å²) in [7, 11) is 0. The summed E-state index contributed by atoms with van der Waals surface area (Å²) in [4.78, 5) is 30.5. The Morgan fingerprint density at radius 3 is 2.25 bits per heavy atom. The van der Waals surface area contributed by atoms with Gasteiger partial charge in [-0.15, -0.1) is 0 Å². The van der Waals surface area contributed by atoms with Crippen molar-refractivity contribution in [2.45, 2.75) is 0 Å². The van der Waals surface area contributed by atoms with Gasteiger partial charge in [0.2, 0.25) is 0 Å². The molecule has 2 aromatic rings. The first-order valence-electron chi connectivity index (χ1n) is 5.29. The molecular weight excluding hydrogens is 394 g/mol. The zero-order valence-electron chi connectivity index (χ0n) is 9.80. The molecule has 2 rings (SSSR count). The van der Waals surface area contributed by atoms with Crippen LogP contribution in [0.25, 0.3) is 0 Å². The Morgan fingerprint density at radius 2 is 1.65 bits per heavy atom. The number of halogens is 2. The lowest BCUT2D eigenvalue weighted by molar-refractivity contribution is 0.0691. The van der Waals surface area contributed by atoms with E-state index < -0.39 is 11.9 Å². The molecule has 0 atom stereocenters. The number of carbonyl (C=O) groups excluding carboxylic acids is 1. The van der Waals surface area contributed by atoms with E-state index in [0.717, 1.165) is 8.95 Å². The lowest BCUT2D eigenvalue weighted by Gasteiger charge is -2.07. The molecule has 1 aromatic heterocycles. The second-order valence-electron chi connectivity index (χ2n) is 3.67. The van der Waals surface area contributed by atoms with Crippen molar-refractivity contribution in [1.29, 1.82) is 0 Å². The summed E-state index contributed by atoms with van der Waals surface area (Å²) in [5, 5.41) is 11.4. The molecule has 0 spiro atoms. The van der Waals surface area contributed by atoms with Crippen LogP contribution in [0, 0.1) is 0 Å². The van der Waals surface area contributed by atoms with Crippen molar-refractivity contribution >= 4 is 49.6 Å². The minimum Gasteiger partial charge on any atom is -0.476 e. The highest BCUT2D eigenvalue weighted by molar-refractivity contribution is 9.11. The molecular formula is C12H7Br2N3O3. The van der Waals surface area contributed by atoms with Gasteiger partial charge in [0.1, 0.15) is 0 Å². The van der Waals surface area contributed by atoms with Crippen LogP contribution in [-0.2, 0) is 0 Å². The molecule has 20 heavy (non-hydrogen) atoms. The Balaban J connectivity index is 2.30. The zero-order chi connectivity index (χ0) is 14.7. The summed E-state index contributed by atoms with van der Waals surface area (Å²) >= 11 is 6.54. The molecule has 0 aliphatic heterocycles. The van der Waals surface area contributed by atoms with Crippen molar-refractivity contribution in [2.24, 2.45) is 0 Å². The Kier molecular flexibility index (Phi) is 4.46. The van der Waals surface area contributed by atoms with Gasteiger partial charge in [-0.3, -0.25) is 4.79 Å². The normalized spacial score (nSPS) is 10.1. The number of anilines is 1. The molecule has 0 radical (unpaired) electrons. The van der Waals surface area contributed by atoms with Crippen molar-refractivity contribution in [3.8, 4) is 0 Å². The van der Waals surface area contributed by atoms with E-state index >= 15 is 0 Å². The molecule has 0 aliphatic rings. The van der Waals surface area contributed by atoms with E-state index in [0.29, 0.717) is 5.56 Å². The third-order valence-corrected chi connectivity index (χ3v) is 3.17. The maximum absolute atomic E-state index is 12.1. The lowest BCUT2D eigenvalue weighted by atomic mass is 10.2. The number of benzene rings is 1. The molecule has 1 heterocycles. The molecule has 0 aliphatic carbocycles. The minimum absolute atomic E-state index is 0.0962. The summed E-state index contributed by atoms with van der Waals surface area (Å²) in [5.41, 5.74) is 0.0446. The topological polar surface area (TPSA) is 92.2 Å². The molecule has 0 saturated carbocycles.